The molecular weight excluding hydrogens is 240 g/mol. The first-order valence-electron chi connectivity index (χ1n) is 5.77. The molecule has 0 aromatic carbocycles. The quantitative estimate of drug-likeness (QED) is 0.598. The fourth-order valence-corrected chi connectivity index (χ4v) is 2.56. The van der Waals surface area contributed by atoms with E-state index in [1.54, 1.807) is 11.8 Å². The van der Waals surface area contributed by atoms with E-state index in [0.717, 1.165) is 10.9 Å². The van der Waals surface area contributed by atoms with E-state index in [2.05, 4.69) is 30.7 Å². The van der Waals surface area contributed by atoms with E-state index in [4.69, 9.17) is 11.6 Å². The lowest BCUT2D eigenvalue weighted by Gasteiger charge is -2.14. The minimum absolute atomic E-state index is 0.554. The average Bonchev–Trinajstić information content (AvgIpc) is 2.99. The highest BCUT2D eigenvalue weighted by atomic mass is 35.5. The molecule has 1 aliphatic carbocycles. The first kappa shape index (κ1) is 12.2. The Labute approximate surface area is 106 Å². The largest absolute Gasteiger partial charge is 0.226 e. The van der Waals surface area contributed by atoms with Gasteiger partial charge in [-0.15, -0.1) is 11.8 Å². The third kappa shape index (κ3) is 3.11. The van der Waals surface area contributed by atoms with Crippen molar-refractivity contribution in [2.45, 2.75) is 49.8 Å². The molecule has 1 atom stereocenters. The molecule has 4 heteroatoms. The molecule has 0 aliphatic heterocycles. The van der Waals surface area contributed by atoms with E-state index >= 15 is 0 Å². The number of halogens is 1. The maximum atomic E-state index is 6.02. The third-order valence-electron chi connectivity index (χ3n) is 2.88. The summed E-state index contributed by atoms with van der Waals surface area (Å²) in [5.41, 5.74) is 0. The summed E-state index contributed by atoms with van der Waals surface area (Å²) in [4.78, 5) is 8.87. The lowest BCUT2D eigenvalue weighted by atomic mass is 10.2. The Hall–Kier alpha value is -0.280. The molecule has 2 nitrogen and oxygen atoms in total. The van der Waals surface area contributed by atoms with Gasteiger partial charge in [0.25, 0.3) is 0 Å². The van der Waals surface area contributed by atoms with Crippen LogP contribution in [0.15, 0.2) is 11.1 Å². The maximum Gasteiger partial charge on any atom is 0.134 e. The molecule has 0 amide bonds. The highest BCUT2D eigenvalue weighted by Gasteiger charge is 2.27. The molecule has 1 aliphatic rings. The van der Waals surface area contributed by atoms with Gasteiger partial charge in [0.15, 0.2) is 0 Å². The molecule has 1 unspecified atom stereocenters. The normalized spacial score (nSPS) is 17.8. The Morgan fingerprint density at radius 3 is 2.56 bits per heavy atom. The van der Waals surface area contributed by atoms with E-state index in [1.807, 2.05) is 6.07 Å². The number of hydrogen-bond donors (Lipinski definition) is 0. The van der Waals surface area contributed by atoms with Gasteiger partial charge in [-0.25, -0.2) is 9.97 Å². The number of nitrogens with zero attached hydrogens (tertiary/aromatic N) is 2. The van der Waals surface area contributed by atoms with Crippen molar-refractivity contribution >= 4 is 23.4 Å². The second kappa shape index (κ2) is 4.92. The monoisotopic (exact) mass is 256 g/mol. The van der Waals surface area contributed by atoms with Crippen molar-refractivity contribution in [1.82, 2.24) is 9.97 Å². The molecule has 1 aromatic heterocycles. The zero-order valence-electron chi connectivity index (χ0n) is 9.90. The second-order valence-corrected chi connectivity index (χ2v) is 6.51. The molecule has 1 fully saturated rings. The van der Waals surface area contributed by atoms with Crippen LogP contribution in [-0.4, -0.2) is 15.2 Å². The van der Waals surface area contributed by atoms with Crippen molar-refractivity contribution in [2.75, 3.05) is 0 Å². The standard InChI is InChI=1S/C12H17ClN2S/c1-7(2)8(3)16-11-6-10(13)14-12(15-11)9-4-5-9/h6-9H,4-5H2,1-3H3. The minimum atomic E-state index is 0.554. The van der Waals surface area contributed by atoms with Gasteiger partial charge >= 0.3 is 0 Å². The summed E-state index contributed by atoms with van der Waals surface area (Å²) in [6, 6.07) is 1.87. The van der Waals surface area contributed by atoms with Gasteiger partial charge in [0.2, 0.25) is 0 Å². The van der Waals surface area contributed by atoms with Crippen LogP contribution in [-0.2, 0) is 0 Å². The molecule has 0 saturated heterocycles. The summed E-state index contributed by atoms with van der Waals surface area (Å²) in [5, 5.41) is 2.15. The minimum Gasteiger partial charge on any atom is -0.226 e. The first-order chi connectivity index (χ1) is 7.56. The van der Waals surface area contributed by atoms with Gasteiger partial charge in [0.1, 0.15) is 16.0 Å². The van der Waals surface area contributed by atoms with Gasteiger partial charge in [-0.3, -0.25) is 0 Å². The second-order valence-electron chi connectivity index (χ2n) is 4.73. The van der Waals surface area contributed by atoms with Crippen molar-refractivity contribution < 1.29 is 0 Å². The average molecular weight is 257 g/mol. The smallest absolute Gasteiger partial charge is 0.134 e. The third-order valence-corrected chi connectivity index (χ3v) is 4.44. The Bertz CT molecular complexity index is 377. The lowest BCUT2D eigenvalue weighted by molar-refractivity contribution is 0.641. The highest BCUT2D eigenvalue weighted by Crippen LogP contribution is 2.39. The van der Waals surface area contributed by atoms with Crippen molar-refractivity contribution in [3.63, 3.8) is 0 Å². The summed E-state index contributed by atoms with van der Waals surface area (Å²) in [5.74, 6) is 2.14. The van der Waals surface area contributed by atoms with Crippen LogP contribution in [0.5, 0.6) is 0 Å². The predicted molar refractivity (Wildman–Crippen MR) is 69.2 cm³/mol. The van der Waals surface area contributed by atoms with Gasteiger partial charge in [-0.2, -0.15) is 0 Å². The molecule has 0 bridgehead atoms. The SMILES string of the molecule is CC(C)C(C)Sc1cc(Cl)nc(C2CC2)n1. The highest BCUT2D eigenvalue weighted by molar-refractivity contribution is 7.99. The van der Waals surface area contributed by atoms with Gasteiger partial charge < -0.3 is 0 Å². The molecule has 2 rings (SSSR count). The fourth-order valence-electron chi connectivity index (χ4n) is 1.32. The fraction of sp³-hybridized carbons (Fsp3) is 0.667. The van der Waals surface area contributed by atoms with Crippen molar-refractivity contribution in [3.8, 4) is 0 Å². The van der Waals surface area contributed by atoms with Crippen LogP contribution in [0.2, 0.25) is 5.15 Å². The Balaban J connectivity index is 2.13. The molecule has 0 spiro atoms. The predicted octanol–water partition coefficient (Wildman–Crippen LogP) is 4.14. The Morgan fingerprint density at radius 1 is 1.31 bits per heavy atom. The molecule has 1 heterocycles. The van der Waals surface area contributed by atoms with Crippen LogP contribution >= 0.6 is 23.4 Å². The summed E-state index contributed by atoms with van der Waals surface area (Å²) in [7, 11) is 0. The van der Waals surface area contributed by atoms with Crippen molar-refractivity contribution in [2.24, 2.45) is 5.92 Å². The molecule has 1 aromatic rings. The number of hydrogen-bond acceptors (Lipinski definition) is 3. The summed E-state index contributed by atoms with van der Waals surface area (Å²) in [6.07, 6.45) is 2.42. The summed E-state index contributed by atoms with van der Waals surface area (Å²) < 4.78 is 0. The van der Waals surface area contributed by atoms with Gasteiger partial charge in [-0.05, 0) is 18.8 Å². The van der Waals surface area contributed by atoms with Gasteiger partial charge in [0.05, 0.1) is 0 Å². The lowest BCUT2D eigenvalue weighted by Crippen LogP contribution is -2.06. The zero-order valence-corrected chi connectivity index (χ0v) is 11.5. The van der Waals surface area contributed by atoms with Crippen LogP contribution in [0.25, 0.3) is 0 Å². The maximum absolute atomic E-state index is 6.02. The van der Waals surface area contributed by atoms with Crippen molar-refractivity contribution in [1.29, 1.82) is 0 Å². The molecule has 16 heavy (non-hydrogen) atoms. The Morgan fingerprint density at radius 2 is 2.00 bits per heavy atom. The van der Waals surface area contributed by atoms with E-state index in [0.29, 0.717) is 22.2 Å². The summed E-state index contributed by atoms with van der Waals surface area (Å²) in [6.45, 7) is 6.67. The summed E-state index contributed by atoms with van der Waals surface area (Å²) >= 11 is 7.81. The molecule has 88 valence electrons. The van der Waals surface area contributed by atoms with E-state index < -0.39 is 0 Å². The molecule has 0 N–H and O–H groups in total. The number of aromatic nitrogens is 2. The van der Waals surface area contributed by atoms with Crippen LogP contribution in [0.4, 0.5) is 0 Å². The van der Waals surface area contributed by atoms with Gasteiger partial charge in [0, 0.05) is 17.2 Å². The van der Waals surface area contributed by atoms with E-state index in [9.17, 15) is 0 Å². The zero-order chi connectivity index (χ0) is 11.7. The number of thioether (sulfide) groups is 1. The molecular formula is C12H17ClN2S. The topological polar surface area (TPSA) is 25.8 Å². The van der Waals surface area contributed by atoms with Crippen LogP contribution in [0.3, 0.4) is 0 Å². The molecule has 0 radical (unpaired) electrons. The number of rotatable bonds is 4. The first-order valence-corrected chi connectivity index (χ1v) is 7.03. The van der Waals surface area contributed by atoms with Crippen LogP contribution in [0.1, 0.15) is 45.4 Å². The Kier molecular flexibility index (Phi) is 3.75. The van der Waals surface area contributed by atoms with E-state index in [-0.39, 0.29) is 0 Å². The van der Waals surface area contributed by atoms with Crippen LogP contribution in [0, 0.1) is 5.92 Å². The molecule has 1 saturated carbocycles. The van der Waals surface area contributed by atoms with Crippen LogP contribution < -0.4 is 0 Å². The van der Waals surface area contributed by atoms with Gasteiger partial charge in [-0.1, -0.05) is 32.4 Å². The van der Waals surface area contributed by atoms with Crippen molar-refractivity contribution in [3.05, 3.63) is 17.0 Å². The van der Waals surface area contributed by atoms with E-state index in [1.165, 1.54) is 12.8 Å².